The Morgan fingerprint density at radius 1 is 1.15 bits per heavy atom. The molecule has 0 unspecified atom stereocenters. The lowest BCUT2D eigenvalue weighted by Crippen LogP contribution is -2.38. The molecule has 2 aliphatic rings. The van der Waals surface area contributed by atoms with E-state index in [1.807, 2.05) is 0 Å². The Balaban J connectivity index is 1.81. The third-order valence-electron chi connectivity index (χ3n) is 5.21. The van der Waals surface area contributed by atoms with Crippen molar-refractivity contribution in [2.45, 2.75) is 32.7 Å². The molecule has 0 amide bonds. The van der Waals surface area contributed by atoms with Crippen LogP contribution in [0.5, 0.6) is 0 Å². The van der Waals surface area contributed by atoms with Gasteiger partial charge in [-0.1, -0.05) is 6.92 Å². The fraction of sp³-hybridized carbons (Fsp3) is 0.556. The van der Waals surface area contributed by atoms with Crippen LogP contribution in [0.4, 0.5) is 17.7 Å². The lowest BCUT2D eigenvalue weighted by Gasteiger charge is -2.29. The van der Waals surface area contributed by atoms with Gasteiger partial charge < -0.3 is 20.3 Å². The van der Waals surface area contributed by atoms with E-state index in [-0.39, 0.29) is 5.95 Å². The number of fused-ring (bicyclic) bond motifs is 1. The molecular formula is C18H25N7O. The standard InChI is InChI=1S/C18H25N7O/c1-3-12(2)25-5-4-14-15(13-10-20-17(19)21-11-13)22-18(23-16(14)25)24-6-8-26-9-7-24/h10-12H,3-9H2,1-2H3,(H2,19,20,21)/t12-/m0/s1. The molecule has 0 aliphatic carbocycles. The summed E-state index contributed by atoms with van der Waals surface area (Å²) in [6, 6.07) is 0.444. The lowest BCUT2D eigenvalue weighted by molar-refractivity contribution is 0.122. The largest absolute Gasteiger partial charge is 0.378 e. The van der Waals surface area contributed by atoms with Gasteiger partial charge in [-0.05, 0) is 19.8 Å². The summed E-state index contributed by atoms with van der Waals surface area (Å²) >= 11 is 0. The Hall–Kier alpha value is -2.48. The van der Waals surface area contributed by atoms with Crippen LogP contribution in [0, 0.1) is 0 Å². The van der Waals surface area contributed by atoms with Crippen molar-refractivity contribution >= 4 is 17.7 Å². The van der Waals surface area contributed by atoms with Crippen LogP contribution in [0.15, 0.2) is 12.4 Å². The zero-order valence-corrected chi connectivity index (χ0v) is 15.4. The summed E-state index contributed by atoms with van der Waals surface area (Å²) in [4.78, 5) is 22.7. The fourth-order valence-corrected chi connectivity index (χ4v) is 3.52. The van der Waals surface area contributed by atoms with Crippen molar-refractivity contribution in [3.63, 3.8) is 0 Å². The molecule has 2 N–H and O–H groups in total. The van der Waals surface area contributed by atoms with Crippen molar-refractivity contribution in [3.05, 3.63) is 18.0 Å². The number of aromatic nitrogens is 4. The van der Waals surface area contributed by atoms with E-state index in [2.05, 4.69) is 33.6 Å². The Morgan fingerprint density at radius 3 is 2.58 bits per heavy atom. The number of ether oxygens (including phenoxy) is 1. The van der Waals surface area contributed by atoms with E-state index in [0.717, 1.165) is 55.5 Å². The van der Waals surface area contributed by atoms with E-state index in [4.69, 9.17) is 20.4 Å². The highest BCUT2D eigenvalue weighted by molar-refractivity contribution is 5.72. The number of hydrogen-bond acceptors (Lipinski definition) is 8. The van der Waals surface area contributed by atoms with Gasteiger partial charge in [0.15, 0.2) is 0 Å². The molecule has 0 saturated carbocycles. The maximum absolute atomic E-state index is 5.66. The zero-order valence-electron chi connectivity index (χ0n) is 15.4. The normalized spacial score (nSPS) is 18.1. The van der Waals surface area contributed by atoms with Crippen molar-refractivity contribution in [2.75, 3.05) is 48.4 Å². The van der Waals surface area contributed by atoms with Gasteiger partial charge in [0.25, 0.3) is 0 Å². The Labute approximate surface area is 153 Å². The maximum Gasteiger partial charge on any atom is 0.228 e. The molecule has 2 aromatic rings. The molecule has 0 aromatic carbocycles. The molecule has 1 saturated heterocycles. The molecule has 8 heteroatoms. The number of morpholine rings is 1. The van der Waals surface area contributed by atoms with Crippen molar-refractivity contribution in [1.29, 1.82) is 0 Å². The second-order valence-corrected chi connectivity index (χ2v) is 6.80. The highest BCUT2D eigenvalue weighted by atomic mass is 16.5. The summed E-state index contributed by atoms with van der Waals surface area (Å²) < 4.78 is 5.48. The summed E-state index contributed by atoms with van der Waals surface area (Å²) in [7, 11) is 0. The van der Waals surface area contributed by atoms with Crippen LogP contribution in [-0.2, 0) is 11.2 Å². The quantitative estimate of drug-likeness (QED) is 0.882. The van der Waals surface area contributed by atoms with Gasteiger partial charge in [-0.25, -0.2) is 15.0 Å². The zero-order chi connectivity index (χ0) is 18.1. The number of hydrogen-bond donors (Lipinski definition) is 1. The number of nitrogens with zero attached hydrogens (tertiary/aromatic N) is 6. The highest BCUT2D eigenvalue weighted by Crippen LogP contribution is 2.36. The molecule has 0 spiro atoms. The van der Waals surface area contributed by atoms with Gasteiger partial charge in [0.2, 0.25) is 11.9 Å². The molecule has 26 heavy (non-hydrogen) atoms. The van der Waals surface area contributed by atoms with Gasteiger partial charge in [-0.2, -0.15) is 4.98 Å². The van der Waals surface area contributed by atoms with Crippen LogP contribution in [0.25, 0.3) is 11.3 Å². The summed E-state index contributed by atoms with van der Waals surface area (Å²) in [6.45, 7) is 8.44. The third kappa shape index (κ3) is 3.05. The predicted molar refractivity (Wildman–Crippen MR) is 101 cm³/mol. The van der Waals surface area contributed by atoms with Crippen molar-refractivity contribution in [3.8, 4) is 11.3 Å². The van der Waals surface area contributed by atoms with Gasteiger partial charge in [0, 0.05) is 49.2 Å². The van der Waals surface area contributed by atoms with Crippen molar-refractivity contribution in [2.24, 2.45) is 0 Å². The van der Waals surface area contributed by atoms with Crippen LogP contribution in [0.2, 0.25) is 0 Å². The Kier molecular flexibility index (Phi) is 4.58. The summed E-state index contributed by atoms with van der Waals surface area (Å²) in [5.41, 5.74) is 8.64. The van der Waals surface area contributed by atoms with Gasteiger partial charge in [0.1, 0.15) is 5.82 Å². The number of nitrogens with two attached hydrogens (primary N) is 1. The number of nitrogen functional groups attached to an aromatic ring is 1. The minimum atomic E-state index is 0.272. The molecule has 8 nitrogen and oxygen atoms in total. The fourth-order valence-electron chi connectivity index (χ4n) is 3.52. The lowest BCUT2D eigenvalue weighted by atomic mass is 10.1. The average molecular weight is 355 g/mol. The van der Waals surface area contributed by atoms with Gasteiger partial charge >= 0.3 is 0 Å². The number of anilines is 3. The third-order valence-corrected chi connectivity index (χ3v) is 5.21. The van der Waals surface area contributed by atoms with E-state index in [9.17, 15) is 0 Å². The van der Waals surface area contributed by atoms with Crippen LogP contribution >= 0.6 is 0 Å². The summed E-state index contributed by atoms with van der Waals surface area (Å²) in [5.74, 6) is 2.07. The molecule has 2 aromatic heterocycles. The second kappa shape index (κ2) is 7.03. The van der Waals surface area contributed by atoms with Gasteiger partial charge in [-0.15, -0.1) is 0 Å². The van der Waals surface area contributed by atoms with E-state index in [1.54, 1.807) is 12.4 Å². The first-order valence-electron chi connectivity index (χ1n) is 9.25. The molecule has 4 rings (SSSR count). The number of rotatable bonds is 4. The maximum atomic E-state index is 5.66. The minimum Gasteiger partial charge on any atom is -0.378 e. The first-order valence-corrected chi connectivity index (χ1v) is 9.25. The van der Waals surface area contributed by atoms with E-state index in [1.165, 1.54) is 5.56 Å². The Morgan fingerprint density at radius 2 is 1.88 bits per heavy atom. The monoisotopic (exact) mass is 355 g/mol. The first kappa shape index (κ1) is 17.0. The van der Waals surface area contributed by atoms with Crippen molar-refractivity contribution in [1.82, 2.24) is 19.9 Å². The first-order chi connectivity index (χ1) is 12.7. The topological polar surface area (TPSA) is 93.3 Å². The minimum absolute atomic E-state index is 0.272. The smallest absolute Gasteiger partial charge is 0.228 e. The summed E-state index contributed by atoms with van der Waals surface area (Å²) in [5, 5.41) is 0. The predicted octanol–water partition coefficient (Wildman–Crippen LogP) is 1.51. The average Bonchev–Trinajstić information content (AvgIpc) is 3.12. The molecule has 2 aliphatic heterocycles. The molecule has 1 atom stereocenters. The van der Waals surface area contributed by atoms with E-state index in [0.29, 0.717) is 19.3 Å². The van der Waals surface area contributed by atoms with Crippen LogP contribution < -0.4 is 15.5 Å². The van der Waals surface area contributed by atoms with Crippen LogP contribution in [-0.4, -0.2) is 58.8 Å². The molecule has 138 valence electrons. The molecule has 0 radical (unpaired) electrons. The van der Waals surface area contributed by atoms with E-state index < -0.39 is 0 Å². The van der Waals surface area contributed by atoms with E-state index >= 15 is 0 Å². The Bertz CT molecular complexity index is 774. The van der Waals surface area contributed by atoms with Crippen molar-refractivity contribution < 1.29 is 4.74 Å². The molecule has 4 heterocycles. The molecule has 1 fully saturated rings. The summed E-state index contributed by atoms with van der Waals surface area (Å²) in [6.07, 6.45) is 5.51. The van der Waals surface area contributed by atoms with Gasteiger partial charge in [-0.3, -0.25) is 0 Å². The van der Waals surface area contributed by atoms with Crippen LogP contribution in [0.3, 0.4) is 0 Å². The van der Waals surface area contributed by atoms with Crippen LogP contribution in [0.1, 0.15) is 25.8 Å². The van der Waals surface area contributed by atoms with Gasteiger partial charge in [0.05, 0.1) is 18.9 Å². The molecule has 0 bridgehead atoms. The molecular weight excluding hydrogens is 330 g/mol. The second-order valence-electron chi connectivity index (χ2n) is 6.80. The SMILES string of the molecule is CC[C@H](C)N1CCc2c(-c3cnc(N)nc3)nc(N3CCOCC3)nc21. The highest BCUT2D eigenvalue weighted by Gasteiger charge is 2.30.